The molecule has 0 unspecified atom stereocenters. The van der Waals surface area contributed by atoms with Crippen molar-refractivity contribution in [3.8, 4) is 0 Å². The Hall–Kier alpha value is -8.24. The van der Waals surface area contributed by atoms with E-state index in [4.69, 9.17) is 70.2 Å². The second kappa shape index (κ2) is 34.5. The van der Waals surface area contributed by atoms with Crippen molar-refractivity contribution in [3.05, 3.63) is 180 Å². The van der Waals surface area contributed by atoms with Gasteiger partial charge in [0.05, 0.1) is 0 Å². The van der Waals surface area contributed by atoms with Gasteiger partial charge in [-0.15, -0.1) is 0 Å². The molecule has 2 N–H and O–H groups in total. The molecule has 0 amide bonds. The summed E-state index contributed by atoms with van der Waals surface area (Å²) in [6.45, 7) is 36.2. The number of hydrogen-bond donors (Lipinski definition) is 2. The number of furan rings is 5. The van der Waals surface area contributed by atoms with Gasteiger partial charge in [-0.2, -0.15) is 0 Å². The summed E-state index contributed by atoms with van der Waals surface area (Å²) in [5.41, 5.74) is -2.43. The minimum Gasteiger partial charge on any atom is -0.459 e. The van der Waals surface area contributed by atoms with Gasteiger partial charge < -0.3 is 70.2 Å². The quantitative estimate of drug-likeness (QED) is 0.0349. The molecule has 0 aromatic carbocycles. The Kier molecular flexibility index (Phi) is 29.1. The number of carbonyl (C=O) groups is 6. The minimum absolute atomic E-state index is 0.0554. The number of esters is 6. The van der Waals surface area contributed by atoms with Crippen LogP contribution in [0.1, 0.15) is 192 Å². The Morgan fingerprint density at radius 2 is 0.775 bits per heavy atom. The van der Waals surface area contributed by atoms with Crippen LogP contribution < -0.4 is 0 Å². The molecule has 2 fully saturated rings. The average Bonchev–Trinajstić information content (AvgIpc) is 1.97. The number of aliphatic hydroxyl groups excluding tert-OH is 2. The summed E-state index contributed by atoms with van der Waals surface area (Å²) < 4.78 is 69.6. The number of ether oxygens (including phenoxy) is 8. The van der Waals surface area contributed by atoms with E-state index in [2.05, 4.69) is 32.9 Å². The Morgan fingerprint density at radius 3 is 1.09 bits per heavy atom. The monoisotopic (exact) mass is 1240 g/mol. The molecule has 5 heterocycles. The van der Waals surface area contributed by atoms with Gasteiger partial charge in [0.2, 0.25) is 0 Å². The van der Waals surface area contributed by atoms with Crippen LogP contribution in [0.4, 0.5) is 0 Å². The molecule has 5 aromatic heterocycles. The molecule has 7 rings (SSSR count). The van der Waals surface area contributed by atoms with Gasteiger partial charge in [0.15, 0.2) is 28.0 Å². The predicted octanol–water partition coefficient (Wildman–Crippen LogP) is 13.6. The highest BCUT2D eigenvalue weighted by molar-refractivity contribution is 5.88. The van der Waals surface area contributed by atoms with Crippen LogP contribution in [-0.2, 0) is 128 Å². The molecule has 2 saturated carbocycles. The molecule has 0 bridgehead atoms. The number of hydrogen-bond acceptors (Lipinski definition) is 21. The highest BCUT2D eigenvalue weighted by atomic mass is 16.6. The molecule has 21 heteroatoms. The van der Waals surface area contributed by atoms with Gasteiger partial charge >= 0.3 is 35.8 Å². The molecule has 0 radical (unpaired) electrons. The lowest BCUT2D eigenvalue weighted by Crippen LogP contribution is -2.34. The highest BCUT2D eigenvalue weighted by Crippen LogP contribution is 2.44. The molecular formula is C68H90O21. The fraction of sp³-hybridized carbons (Fsp3) is 0.471. The second-order valence-corrected chi connectivity index (χ2v) is 22.9. The molecule has 2 aliphatic rings. The van der Waals surface area contributed by atoms with E-state index >= 15 is 0 Å². The molecule has 5 aromatic rings. The zero-order chi connectivity index (χ0) is 66.9. The van der Waals surface area contributed by atoms with Gasteiger partial charge in [-0.05, 0) is 181 Å². The molecule has 0 saturated heterocycles. The topological polar surface area (TPSA) is 282 Å². The van der Waals surface area contributed by atoms with E-state index in [1.54, 1.807) is 120 Å². The zero-order valence-corrected chi connectivity index (χ0v) is 53.9. The van der Waals surface area contributed by atoms with Gasteiger partial charge in [-0.1, -0.05) is 39.3 Å². The standard InChI is InChI=1S/C16H22O4.C15H20O4.C14H18O5.C12H16O4.C11H14O4/c1-12(2)15(17)20-16(9-5-4-6-10-16)14-8-7-13(19-14)11-18-3;1-11(2)14(16)19-15(8-4-5-9-15)13-7-6-12(18-13)10-17-3;1-9(2)13(16)19-14(4,5)12-7-6-11(18-12)8-17-10(3)15;1-8(2)11(14)16-12(3,4)10-6-5-9(7-13)15-10;1-4-10(13)15-11(2,3)9-6-5-8(7-12)14-9/h7-8H,1,4-6,9-11H2,2-3H3;6-7H,1,4-5,8-10H2,2-3H3;6-7H,1,8H2,2-5H3;5-6,13H,1,7H2,2-4H3;4-6,12H,1,7H2,2-3H3. The molecule has 2 aliphatic carbocycles. The van der Waals surface area contributed by atoms with Crippen molar-refractivity contribution >= 4 is 35.8 Å². The van der Waals surface area contributed by atoms with E-state index in [0.717, 1.165) is 81.1 Å². The van der Waals surface area contributed by atoms with Gasteiger partial charge in [-0.25, -0.2) is 24.0 Å². The molecular weight excluding hydrogens is 1150 g/mol. The molecule has 488 valence electrons. The second-order valence-electron chi connectivity index (χ2n) is 22.9. The van der Waals surface area contributed by atoms with Crippen molar-refractivity contribution in [1.82, 2.24) is 0 Å². The number of methoxy groups -OCH3 is 2. The Bertz CT molecular complexity index is 3180. The number of aliphatic hydroxyl groups is 2. The fourth-order valence-corrected chi connectivity index (χ4v) is 8.69. The normalized spacial score (nSPS) is 13.9. The fourth-order valence-electron chi connectivity index (χ4n) is 8.69. The smallest absolute Gasteiger partial charge is 0.334 e. The largest absolute Gasteiger partial charge is 0.459 e. The van der Waals surface area contributed by atoms with E-state index in [1.165, 1.54) is 6.92 Å². The molecule has 0 aliphatic heterocycles. The summed E-state index contributed by atoms with van der Waals surface area (Å²) in [4.78, 5) is 68.4. The summed E-state index contributed by atoms with van der Waals surface area (Å²) in [7, 11) is 3.24. The van der Waals surface area contributed by atoms with Crippen molar-refractivity contribution in [2.45, 2.75) is 195 Å². The Morgan fingerprint density at radius 1 is 0.461 bits per heavy atom. The van der Waals surface area contributed by atoms with E-state index < -0.39 is 45.9 Å². The summed E-state index contributed by atoms with van der Waals surface area (Å²) in [5.74, 6) is 3.20. The summed E-state index contributed by atoms with van der Waals surface area (Å²) >= 11 is 0. The van der Waals surface area contributed by atoms with Crippen LogP contribution in [0.2, 0.25) is 0 Å². The maximum Gasteiger partial charge on any atom is 0.334 e. The van der Waals surface area contributed by atoms with Crippen LogP contribution in [0.5, 0.6) is 0 Å². The lowest BCUT2D eigenvalue weighted by molar-refractivity contribution is -0.163. The first-order valence-electron chi connectivity index (χ1n) is 28.9. The van der Waals surface area contributed by atoms with Crippen LogP contribution in [0.3, 0.4) is 0 Å². The van der Waals surface area contributed by atoms with E-state index in [1.807, 2.05) is 24.3 Å². The van der Waals surface area contributed by atoms with Crippen molar-refractivity contribution < 1.29 is 99.0 Å². The lowest BCUT2D eigenvalue weighted by Gasteiger charge is -2.35. The van der Waals surface area contributed by atoms with Crippen molar-refractivity contribution in [2.75, 3.05) is 14.2 Å². The van der Waals surface area contributed by atoms with E-state index in [-0.39, 0.29) is 37.7 Å². The van der Waals surface area contributed by atoms with Crippen LogP contribution in [0.15, 0.2) is 144 Å². The first kappa shape index (κ1) is 75.0. The molecule has 0 spiro atoms. The van der Waals surface area contributed by atoms with Gasteiger partial charge in [0.1, 0.15) is 90.6 Å². The Labute approximate surface area is 521 Å². The third-order valence-corrected chi connectivity index (χ3v) is 13.5. The number of carbonyl (C=O) groups excluding carboxylic acids is 6. The Balaban J connectivity index is 0.000000292. The molecule has 0 atom stereocenters. The summed E-state index contributed by atoms with van der Waals surface area (Å²) in [6, 6.07) is 17.5. The van der Waals surface area contributed by atoms with E-state index in [0.29, 0.717) is 75.8 Å². The van der Waals surface area contributed by atoms with Crippen LogP contribution in [0, 0.1) is 0 Å². The van der Waals surface area contributed by atoms with Crippen molar-refractivity contribution in [2.24, 2.45) is 0 Å². The predicted molar refractivity (Wildman–Crippen MR) is 326 cm³/mol. The highest BCUT2D eigenvalue weighted by Gasteiger charge is 2.43. The maximum absolute atomic E-state index is 11.9. The maximum atomic E-state index is 11.9. The van der Waals surface area contributed by atoms with Gasteiger partial charge in [0.25, 0.3) is 0 Å². The first-order chi connectivity index (χ1) is 41.7. The average molecular weight is 1240 g/mol. The van der Waals surface area contributed by atoms with Gasteiger partial charge in [0, 0.05) is 49.5 Å². The van der Waals surface area contributed by atoms with Crippen LogP contribution in [0.25, 0.3) is 0 Å². The lowest BCUT2D eigenvalue weighted by atomic mass is 9.82. The first-order valence-corrected chi connectivity index (χ1v) is 28.9. The third-order valence-electron chi connectivity index (χ3n) is 13.5. The van der Waals surface area contributed by atoms with Gasteiger partial charge in [-0.3, -0.25) is 4.79 Å². The summed E-state index contributed by atoms with van der Waals surface area (Å²) in [5, 5.41) is 17.7. The van der Waals surface area contributed by atoms with Crippen molar-refractivity contribution in [1.29, 1.82) is 0 Å². The van der Waals surface area contributed by atoms with Crippen molar-refractivity contribution in [3.63, 3.8) is 0 Å². The minimum atomic E-state index is -0.912. The zero-order valence-electron chi connectivity index (χ0n) is 53.9. The van der Waals surface area contributed by atoms with E-state index in [9.17, 15) is 28.8 Å². The molecule has 21 nitrogen and oxygen atoms in total. The summed E-state index contributed by atoms with van der Waals surface area (Å²) in [6.07, 6.45) is 9.58. The third kappa shape index (κ3) is 23.3. The molecule has 89 heavy (non-hydrogen) atoms. The van der Waals surface area contributed by atoms with Crippen LogP contribution in [-0.4, -0.2) is 60.2 Å². The number of rotatable bonds is 23. The SMILES string of the molecule is C=C(C)C(=O)OC(C)(C)c1ccc(CO)o1.C=C(C)C(=O)OC(C)(C)c1ccc(COC(C)=O)o1.C=C(C)C(=O)OC1(c2ccc(COC)o2)CCCC1.C=C(C)C(=O)OC1(c2ccc(COC)o2)CCCCC1.C=CC(=O)OC(C)(C)c1ccc(CO)o1. The van der Waals surface area contributed by atoms with Crippen LogP contribution >= 0.6 is 0 Å².